The van der Waals surface area contributed by atoms with Crippen LogP contribution in [0.25, 0.3) is 11.4 Å². The maximum absolute atomic E-state index is 10.6. The van der Waals surface area contributed by atoms with E-state index in [2.05, 4.69) is 46.4 Å². The highest BCUT2D eigenvalue weighted by Crippen LogP contribution is 2.27. The van der Waals surface area contributed by atoms with Crippen molar-refractivity contribution in [2.45, 2.75) is 24.3 Å². The minimum atomic E-state index is -0.658. The van der Waals surface area contributed by atoms with Crippen LogP contribution in [0.2, 0.25) is 0 Å². The monoisotopic (exact) mass is 461 g/mol. The number of aryl methyl sites for hydroxylation is 1. The fraction of sp³-hybridized carbons (Fsp3) is 0.231. The van der Waals surface area contributed by atoms with Crippen molar-refractivity contribution < 1.29 is 14.6 Å². The Labute approximate surface area is 198 Å². The first-order valence-corrected chi connectivity index (χ1v) is 11.7. The van der Waals surface area contributed by atoms with Crippen LogP contribution in [0.15, 0.2) is 84.0 Å². The number of methoxy groups -OCH3 is 1. The molecule has 0 bridgehead atoms. The van der Waals surface area contributed by atoms with E-state index < -0.39 is 6.10 Å². The molecule has 2 unspecified atom stereocenters. The minimum Gasteiger partial charge on any atom is -0.497 e. The fourth-order valence-electron chi connectivity index (χ4n) is 3.37. The van der Waals surface area contributed by atoms with Gasteiger partial charge in [-0.05, 0) is 42.3 Å². The van der Waals surface area contributed by atoms with Crippen LogP contribution < -0.4 is 4.74 Å². The van der Waals surface area contributed by atoms with Crippen LogP contribution in [0, 0.1) is 6.92 Å². The zero-order chi connectivity index (χ0) is 23.0. The summed E-state index contributed by atoms with van der Waals surface area (Å²) in [6, 6.07) is 26.0. The molecule has 2 N–H and O–H groups in total. The number of ether oxygens (including phenoxy) is 2. The summed E-state index contributed by atoms with van der Waals surface area (Å²) in [6.07, 6.45) is -0.897. The van der Waals surface area contributed by atoms with Gasteiger partial charge >= 0.3 is 0 Å². The van der Waals surface area contributed by atoms with Crippen molar-refractivity contribution in [2.24, 2.45) is 0 Å². The number of nitrogens with zero attached hydrogens (tertiary/aromatic N) is 2. The van der Waals surface area contributed by atoms with Crippen LogP contribution in [0.4, 0.5) is 0 Å². The summed E-state index contributed by atoms with van der Waals surface area (Å²) in [7, 11) is 1.63. The second-order valence-corrected chi connectivity index (χ2v) is 8.68. The standard InChI is InChI=1S/C26H27N3O3S/c1-18-8-10-20(11-9-18)24(19-6-4-3-5-7-19)32-16-22(30)17-33-26-27-25(28-29-26)21-12-14-23(31-2)15-13-21/h3-15,22,24,30H,16-17H2,1-2H3,(H,27,28,29). The van der Waals surface area contributed by atoms with Gasteiger partial charge in [0.2, 0.25) is 5.16 Å². The number of nitrogens with one attached hydrogen (secondary N) is 1. The van der Waals surface area contributed by atoms with E-state index >= 15 is 0 Å². The molecule has 33 heavy (non-hydrogen) atoms. The average molecular weight is 462 g/mol. The van der Waals surface area contributed by atoms with Gasteiger partial charge < -0.3 is 14.6 Å². The minimum absolute atomic E-state index is 0.205. The molecule has 2 atom stereocenters. The summed E-state index contributed by atoms with van der Waals surface area (Å²) in [6.45, 7) is 2.27. The molecular weight excluding hydrogens is 434 g/mol. The number of benzene rings is 3. The number of hydrogen-bond acceptors (Lipinski definition) is 6. The molecule has 7 heteroatoms. The van der Waals surface area contributed by atoms with Crippen molar-refractivity contribution in [1.82, 2.24) is 15.2 Å². The zero-order valence-electron chi connectivity index (χ0n) is 18.6. The van der Waals surface area contributed by atoms with Gasteiger partial charge in [0.1, 0.15) is 11.9 Å². The summed E-state index contributed by atoms with van der Waals surface area (Å²) < 4.78 is 11.4. The third-order valence-electron chi connectivity index (χ3n) is 5.17. The smallest absolute Gasteiger partial charge is 0.208 e. The first-order chi connectivity index (χ1) is 16.1. The van der Waals surface area contributed by atoms with Gasteiger partial charge in [-0.25, -0.2) is 4.98 Å². The number of H-pyrrole nitrogens is 1. The van der Waals surface area contributed by atoms with Crippen molar-refractivity contribution in [3.05, 3.63) is 95.6 Å². The van der Waals surface area contributed by atoms with E-state index in [1.165, 1.54) is 17.3 Å². The number of rotatable bonds is 10. The molecule has 0 aliphatic carbocycles. The summed E-state index contributed by atoms with van der Waals surface area (Å²) in [5.41, 5.74) is 4.23. The topological polar surface area (TPSA) is 80.3 Å². The Morgan fingerprint density at radius 2 is 1.64 bits per heavy atom. The lowest BCUT2D eigenvalue weighted by atomic mass is 10.0. The molecule has 0 amide bonds. The molecule has 1 heterocycles. The Morgan fingerprint density at radius 3 is 2.33 bits per heavy atom. The molecule has 4 rings (SSSR count). The van der Waals surface area contributed by atoms with E-state index in [-0.39, 0.29) is 12.7 Å². The van der Waals surface area contributed by atoms with E-state index in [9.17, 15) is 5.11 Å². The molecule has 4 aromatic rings. The van der Waals surface area contributed by atoms with Crippen LogP contribution in [0.1, 0.15) is 22.8 Å². The average Bonchev–Trinajstić information content (AvgIpc) is 3.34. The number of hydrogen-bond donors (Lipinski definition) is 2. The van der Waals surface area contributed by atoms with E-state index in [4.69, 9.17) is 9.47 Å². The highest BCUT2D eigenvalue weighted by atomic mass is 32.2. The molecule has 170 valence electrons. The van der Waals surface area contributed by atoms with Crippen LogP contribution >= 0.6 is 11.8 Å². The first-order valence-electron chi connectivity index (χ1n) is 10.7. The van der Waals surface area contributed by atoms with Gasteiger partial charge in [-0.15, -0.1) is 5.10 Å². The number of thioether (sulfide) groups is 1. The van der Waals surface area contributed by atoms with Crippen molar-refractivity contribution >= 4 is 11.8 Å². The molecular formula is C26H27N3O3S. The van der Waals surface area contributed by atoms with Gasteiger partial charge in [0.25, 0.3) is 0 Å². The molecule has 0 spiro atoms. The van der Waals surface area contributed by atoms with Crippen molar-refractivity contribution in [2.75, 3.05) is 19.5 Å². The van der Waals surface area contributed by atoms with Gasteiger partial charge in [0.15, 0.2) is 5.82 Å². The highest BCUT2D eigenvalue weighted by Gasteiger charge is 2.17. The van der Waals surface area contributed by atoms with E-state index in [0.717, 1.165) is 22.4 Å². The SMILES string of the molecule is COc1ccc(-c2nc(SCC(O)COC(c3ccccc3)c3ccc(C)cc3)n[nH]2)cc1. The number of aromatic nitrogens is 3. The normalized spacial score (nSPS) is 12.9. The van der Waals surface area contributed by atoms with Gasteiger partial charge in [-0.1, -0.05) is 71.9 Å². The summed E-state index contributed by atoms with van der Waals surface area (Å²) in [5.74, 6) is 1.89. The van der Waals surface area contributed by atoms with Crippen LogP contribution in [-0.2, 0) is 4.74 Å². The second kappa shape index (κ2) is 11.1. The maximum Gasteiger partial charge on any atom is 0.208 e. The molecule has 3 aromatic carbocycles. The molecule has 0 saturated heterocycles. The zero-order valence-corrected chi connectivity index (χ0v) is 19.5. The van der Waals surface area contributed by atoms with Gasteiger partial charge in [0.05, 0.1) is 19.8 Å². The molecule has 0 saturated carbocycles. The van der Waals surface area contributed by atoms with E-state index in [0.29, 0.717) is 16.7 Å². The molecule has 0 fully saturated rings. The summed E-state index contributed by atoms with van der Waals surface area (Å²) in [5, 5.41) is 18.3. The number of aromatic amines is 1. The third kappa shape index (κ3) is 6.22. The molecule has 0 aliphatic rings. The molecule has 0 aliphatic heterocycles. The number of aliphatic hydroxyl groups excluding tert-OH is 1. The molecule has 6 nitrogen and oxygen atoms in total. The summed E-state index contributed by atoms with van der Waals surface area (Å²) >= 11 is 1.39. The predicted octanol–water partition coefficient (Wildman–Crippen LogP) is 5.05. The second-order valence-electron chi connectivity index (χ2n) is 7.69. The van der Waals surface area contributed by atoms with Crippen LogP contribution in [-0.4, -0.2) is 45.9 Å². The Morgan fingerprint density at radius 1 is 0.939 bits per heavy atom. The Hall–Kier alpha value is -3.13. The maximum atomic E-state index is 10.6. The lowest BCUT2D eigenvalue weighted by Crippen LogP contribution is -2.20. The summed E-state index contributed by atoms with van der Waals surface area (Å²) in [4.78, 5) is 4.51. The Bertz CT molecular complexity index is 1130. The van der Waals surface area contributed by atoms with Crippen molar-refractivity contribution in [3.8, 4) is 17.1 Å². The fourth-order valence-corrected chi connectivity index (χ4v) is 4.07. The first kappa shape index (κ1) is 23.0. The number of aliphatic hydroxyl groups is 1. The van der Waals surface area contributed by atoms with Gasteiger partial charge in [-0.3, -0.25) is 5.10 Å². The van der Waals surface area contributed by atoms with E-state index in [1.54, 1.807) is 7.11 Å². The van der Waals surface area contributed by atoms with Crippen LogP contribution in [0.5, 0.6) is 5.75 Å². The van der Waals surface area contributed by atoms with Crippen LogP contribution in [0.3, 0.4) is 0 Å². The Kier molecular flexibility index (Phi) is 7.78. The van der Waals surface area contributed by atoms with Crippen molar-refractivity contribution in [3.63, 3.8) is 0 Å². The van der Waals surface area contributed by atoms with Gasteiger partial charge in [0, 0.05) is 11.3 Å². The lowest BCUT2D eigenvalue weighted by molar-refractivity contribution is 0.0155. The largest absolute Gasteiger partial charge is 0.497 e. The predicted molar refractivity (Wildman–Crippen MR) is 131 cm³/mol. The van der Waals surface area contributed by atoms with E-state index in [1.807, 2.05) is 54.6 Å². The molecule has 0 radical (unpaired) electrons. The molecule has 1 aromatic heterocycles. The quantitative estimate of drug-likeness (QED) is 0.322. The highest BCUT2D eigenvalue weighted by molar-refractivity contribution is 7.99. The third-order valence-corrected chi connectivity index (χ3v) is 6.16. The lowest BCUT2D eigenvalue weighted by Gasteiger charge is -2.21. The van der Waals surface area contributed by atoms with Gasteiger partial charge in [-0.2, -0.15) is 0 Å². The van der Waals surface area contributed by atoms with Crippen molar-refractivity contribution in [1.29, 1.82) is 0 Å². The Balaban J connectivity index is 1.34.